The Morgan fingerprint density at radius 2 is 2.04 bits per heavy atom. The maximum Gasteiger partial charge on any atom is 0.336 e. The zero-order valence-electron chi connectivity index (χ0n) is 14.7. The molecular weight excluding hydrogens is 292 g/mol. The number of rotatable bonds is 5. The summed E-state index contributed by atoms with van der Waals surface area (Å²) in [6.07, 6.45) is 2.60. The van der Waals surface area contributed by atoms with Crippen LogP contribution in [0, 0.1) is 25.7 Å². The lowest BCUT2D eigenvalue weighted by Crippen LogP contribution is -3.13. The third-order valence-electron chi connectivity index (χ3n) is 4.79. The molecule has 0 radical (unpaired) electrons. The number of amides is 1. The van der Waals surface area contributed by atoms with Crippen molar-refractivity contribution in [3.05, 3.63) is 33.4 Å². The van der Waals surface area contributed by atoms with Crippen LogP contribution in [0.25, 0.3) is 0 Å². The van der Waals surface area contributed by atoms with Crippen molar-refractivity contribution in [2.24, 2.45) is 11.8 Å². The lowest BCUT2D eigenvalue weighted by atomic mass is 9.98. The van der Waals surface area contributed by atoms with E-state index in [1.807, 2.05) is 0 Å². The van der Waals surface area contributed by atoms with Gasteiger partial charge in [0.25, 0.3) is 5.91 Å². The summed E-state index contributed by atoms with van der Waals surface area (Å²) in [5.41, 5.74) is 0.739. The van der Waals surface area contributed by atoms with Crippen molar-refractivity contribution in [2.45, 2.75) is 40.5 Å². The molecule has 0 saturated carbocycles. The molecule has 2 rings (SSSR count). The summed E-state index contributed by atoms with van der Waals surface area (Å²) in [5, 5.41) is 2.98. The third kappa shape index (κ3) is 4.93. The highest BCUT2D eigenvalue weighted by molar-refractivity contribution is 5.96. The minimum atomic E-state index is -0.409. The fraction of sp³-hybridized carbons (Fsp3) is 0.667. The van der Waals surface area contributed by atoms with E-state index in [0.29, 0.717) is 29.3 Å². The molecule has 1 aliphatic heterocycles. The van der Waals surface area contributed by atoms with Crippen LogP contribution in [0.5, 0.6) is 0 Å². The molecule has 1 aromatic heterocycles. The number of carbonyl (C=O) groups excluding carboxylic acids is 1. The summed E-state index contributed by atoms with van der Waals surface area (Å²) in [4.78, 5) is 25.3. The van der Waals surface area contributed by atoms with Crippen molar-refractivity contribution in [1.29, 1.82) is 0 Å². The summed E-state index contributed by atoms with van der Waals surface area (Å²) in [6, 6.07) is 1.37. The Morgan fingerprint density at radius 1 is 1.39 bits per heavy atom. The van der Waals surface area contributed by atoms with Crippen LogP contribution < -0.4 is 15.8 Å². The second kappa shape index (κ2) is 7.77. The summed E-state index contributed by atoms with van der Waals surface area (Å²) in [6.45, 7) is 12.1. The van der Waals surface area contributed by atoms with Crippen LogP contribution in [0.3, 0.4) is 0 Å². The molecule has 23 heavy (non-hydrogen) atoms. The first-order chi connectivity index (χ1) is 10.9. The zero-order chi connectivity index (χ0) is 17.0. The fourth-order valence-corrected chi connectivity index (χ4v) is 3.39. The molecule has 1 unspecified atom stereocenters. The first-order valence-corrected chi connectivity index (χ1v) is 8.60. The molecule has 0 spiro atoms. The van der Waals surface area contributed by atoms with Crippen LogP contribution in [0.1, 0.15) is 48.4 Å². The molecule has 128 valence electrons. The molecule has 0 bridgehead atoms. The standard InChI is InChI=1S/C18H28N2O3/c1-12-5-7-20(8-6-12)11-13(2)10-19-18(22)17-14(3)9-16(21)23-15(17)4/h9,12-13H,5-8,10-11H2,1-4H3,(H,19,22)/p+1. The molecule has 5 heteroatoms. The molecule has 1 saturated heterocycles. The predicted octanol–water partition coefficient (Wildman–Crippen LogP) is 0.937. The largest absolute Gasteiger partial charge is 0.427 e. The van der Waals surface area contributed by atoms with Gasteiger partial charge in [-0.25, -0.2) is 4.79 Å². The zero-order valence-corrected chi connectivity index (χ0v) is 14.7. The van der Waals surface area contributed by atoms with E-state index >= 15 is 0 Å². The Kier molecular flexibility index (Phi) is 5.99. The average Bonchev–Trinajstić information content (AvgIpc) is 2.46. The molecule has 0 aliphatic carbocycles. The molecule has 1 aliphatic rings. The Labute approximate surface area is 138 Å². The fourth-order valence-electron chi connectivity index (χ4n) is 3.39. The number of hydrogen-bond acceptors (Lipinski definition) is 3. The van der Waals surface area contributed by atoms with Gasteiger partial charge in [-0.1, -0.05) is 13.8 Å². The van der Waals surface area contributed by atoms with E-state index in [9.17, 15) is 9.59 Å². The van der Waals surface area contributed by atoms with Crippen LogP contribution in [0.4, 0.5) is 0 Å². The highest BCUT2D eigenvalue weighted by Gasteiger charge is 2.21. The van der Waals surface area contributed by atoms with Gasteiger partial charge in [0, 0.05) is 18.5 Å². The first-order valence-electron chi connectivity index (χ1n) is 8.60. The van der Waals surface area contributed by atoms with E-state index in [-0.39, 0.29) is 5.91 Å². The molecule has 0 aromatic carbocycles. The van der Waals surface area contributed by atoms with Gasteiger partial charge in [0.1, 0.15) is 5.76 Å². The Morgan fingerprint density at radius 3 is 2.65 bits per heavy atom. The van der Waals surface area contributed by atoms with E-state index in [2.05, 4.69) is 19.2 Å². The van der Waals surface area contributed by atoms with Gasteiger partial charge in [0.2, 0.25) is 0 Å². The van der Waals surface area contributed by atoms with Gasteiger partial charge in [-0.15, -0.1) is 0 Å². The number of likely N-dealkylation sites (tertiary alicyclic amines) is 1. The van der Waals surface area contributed by atoms with Gasteiger partial charge < -0.3 is 14.6 Å². The Balaban J connectivity index is 1.85. The number of quaternary nitrogens is 1. The molecule has 1 amide bonds. The summed E-state index contributed by atoms with van der Waals surface area (Å²) in [5.74, 6) is 1.51. The van der Waals surface area contributed by atoms with Crippen LogP contribution in [-0.2, 0) is 0 Å². The van der Waals surface area contributed by atoms with Crippen LogP contribution in [0.15, 0.2) is 15.3 Å². The second-order valence-electron chi connectivity index (χ2n) is 7.13. The van der Waals surface area contributed by atoms with Crippen molar-refractivity contribution in [1.82, 2.24) is 5.32 Å². The maximum absolute atomic E-state index is 12.4. The van der Waals surface area contributed by atoms with Crippen LogP contribution >= 0.6 is 0 Å². The number of hydrogen-bond donors (Lipinski definition) is 2. The first kappa shape index (κ1) is 17.7. The van der Waals surface area contributed by atoms with E-state index in [1.54, 1.807) is 18.7 Å². The highest BCUT2D eigenvalue weighted by Crippen LogP contribution is 2.11. The number of piperidine rings is 1. The number of nitrogens with one attached hydrogen (secondary N) is 2. The van der Waals surface area contributed by atoms with E-state index in [1.165, 1.54) is 32.0 Å². The molecule has 2 N–H and O–H groups in total. The molecule has 1 fully saturated rings. The van der Waals surface area contributed by atoms with Gasteiger partial charge in [-0.05, 0) is 38.2 Å². The third-order valence-corrected chi connectivity index (χ3v) is 4.79. The number of carbonyl (C=O) groups is 1. The molecular formula is C18H29N2O3+. The monoisotopic (exact) mass is 321 g/mol. The van der Waals surface area contributed by atoms with Crippen molar-refractivity contribution in [2.75, 3.05) is 26.2 Å². The van der Waals surface area contributed by atoms with Crippen LogP contribution in [-0.4, -0.2) is 32.1 Å². The topological polar surface area (TPSA) is 63.8 Å². The Hall–Kier alpha value is -1.62. The Bertz CT molecular complexity index is 575. The van der Waals surface area contributed by atoms with Gasteiger partial charge >= 0.3 is 5.63 Å². The summed E-state index contributed by atoms with van der Waals surface area (Å²) >= 11 is 0. The van der Waals surface area contributed by atoms with Crippen LogP contribution in [0.2, 0.25) is 0 Å². The summed E-state index contributed by atoms with van der Waals surface area (Å²) in [7, 11) is 0. The minimum absolute atomic E-state index is 0.155. The lowest BCUT2D eigenvalue weighted by Gasteiger charge is -2.29. The van der Waals surface area contributed by atoms with Crippen molar-refractivity contribution >= 4 is 5.91 Å². The van der Waals surface area contributed by atoms with E-state index in [4.69, 9.17) is 4.42 Å². The number of aryl methyl sites for hydroxylation is 2. The smallest absolute Gasteiger partial charge is 0.336 e. The van der Waals surface area contributed by atoms with Gasteiger partial charge in [0.05, 0.1) is 25.2 Å². The molecule has 5 nitrogen and oxygen atoms in total. The lowest BCUT2D eigenvalue weighted by molar-refractivity contribution is -0.909. The van der Waals surface area contributed by atoms with Crippen molar-refractivity contribution < 1.29 is 14.1 Å². The highest BCUT2D eigenvalue weighted by atomic mass is 16.4. The van der Waals surface area contributed by atoms with E-state index < -0.39 is 5.63 Å². The minimum Gasteiger partial charge on any atom is -0.427 e. The average molecular weight is 321 g/mol. The SMILES string of the molecule is Cc1cc(=O)oc(C)c1C(=O)NCC(C)C[NH+]1CCC(C)CC1. The van der Waals surface area contributed by atoms with Gasteiger partial charge in [0.15, 0.2) is 0 Å². The summed E-state index contributed by atoms with van der Waals surface area (Å²) < 4.78 is 5.03. The van der Waals surface area contributed by atoms with Crippen molar-refractivity contribution in [3.8, 4) is 0 Å². The van der Waals surface area contributed by atoms with E-state index in [0.717, 1.165) is 12.5 Å². The maximum atomic E-state index is 12.4. The molecule has 2 heterocycles. The second-order valence-corrected chi connectivity index (χ2v) is 7.13. The van der Waals surface area contributed by atoms with Gasteiger partial charge in [-0.3, -0.25) is 4.79 Å². The molecule has 1 atom stereocenters. The van der Waals surface area contributed by atoms with Crippen molar-refractivity contribution in [3.63, 3.8) is 0 Å². The molecule has 1 aromatic rings. The van der Waals surface area contributed by atoms with Gasteiger partial charge in [-0.2, -0.15) is 0 Å². The predicted molar refractivity (Wildman–Crippen MR) is 89.9 cm³/mol. The normalized spacial score (nSPS) is 22.6. The quantitative estimate of drug-likeness (QED) is 0.848.